The van der Waals surface area contributed by atoms with Gasteiger partial charge in [0.05, 0.1) is 44.1 Å². The maximum Gasteiger partial charge on any atom is 0.323 e. The molecule has 2 amide bonds. The first-order valence-corrected chi connectivity index (χ1v) is 12.9. The molecular weight excluding hydrogens is 470 g/mol. The van der Waals surface area contributed by atoms with Gasteiger partial charge in [-0.2, -0.15) is 0 Å². The number of carbonyl (C=O) groups excluding carboxylic acids is 1. The summed E-state index contributed by atoms with van der Waals surface area (Å²) in [5.74, 6) is 2.62. The van der Waals surface area contributed by atoms with E-state index in [0.29, 0.717) is 35.3 Å². The zero-order valence-corrected chi connectivity index (χ0v) is 20.4. The highest BCUT2D eigenvalue weighted by Crippen LogP contribution is 2.38. The highest BCUT2D eigenvalue weighted by atomic mass is 16.5. The molecule has 2 N–H and O–H groups in total. The van der Waals surface area contributed by atoms with Crippen molar-refractivity contribution in [2.75, 3.05) is 46.8 Å². The van der Waals surface area contributed by atoms with Crippen LogP contribution in [0.1, 0.15) is 19.3 Å². The molecule has 4 saturated heterocycles. The van der Waals surface area contributed by atoms with Gasteiger partial charge in [-0.3, -0.25) is 4.98 Å². The summed E-state index contributed by atoms with van der Waals surface area (Å²) in [7, 11) is 0. The molecule has 3 aromatic rings. The number of aromatic nitrogens is 3. The number of morpholine rings is 2. The lowest BCUT2D eigenvalue weighted by Gasteiger charge is -2.36. The van der Waals surface area contributed by atoms with Crippen molar-refractivity contribution in [1.29, 1.82) is 0 Å². The third kappa shape index (κ3) is 4.36. The van der Waals surface area contributed by atoms with Gasteiger partial charge in [-0.1, -0.05) is 0 Å². The second kappa shape index (κ2) is 9.28. The molecule has 4 bridgehead atoms. The standard InChI is InChI=1S/C27H29N7O3/c35-27(30-19-7-9-28-10-8-19)29-18-3-1-17(2-4-18)26-31-24(33-13-23-11-22(33)16-37-23)12-25(32-26)34-20-5-6-21(34)15-36-14-20/h1-4,7-10,12,20-23H,5-6,11,13-16H2,(H2,28,29,30,35). The second-order valence-electron chi connectivity index (χ2n) is 10.1. The maximum absolute atomic E-state index is 12.4. The van der Waals surface area contributed by atoms with Crippen molar-refractivity contribution >= 4 is 29.0 Å². The van der Waals surface area contributed by atoms with Gasteiger partial charge in [0.1, 0.15) is 11.6 Å². The number of amides is 2. The summed E-state index contributed by atoms with van der Waals surface area (Å²) in [6.07, 6.45) is 6.87. The molecule has 0 spiro atoms. The zero-order valence-electron chi connectivity index (χ0n) is 20.4. The monoisotopic (exact) mass is 499 g/mol. The van der Waals surface area contributed by atoms with Gasteiger partial charge in [-0.15, -0.1) is 0 Å². The summed E-state index contributed by atoms with van der Waals surface area (Å²) in [4.78, 5) is 31.2. The van der Waals surface area contributed by atoms with Gasteiger partial charge >= 0.3 is 6.03 Å². The minimum atomic E-state index is -0.311. The molecule has 0 radical (unpaired) electrons. The van der Waals surface area contributed by atoms with E-state index in [-0.39, 0.29) is 12.1 Å². The average Bonchev–Trinajstić information content (AvgIpc) is 3.63. The summed E-state index contributed by atoms with van der Waals surface area (Å²) in [5, 5.41) is 5.67. The molecule has 2 aromatic heterocycles. The van der Waals surface area contributed by atoms with E-state index in [0.717, 1.165) is 62.8 Å². The molecule has 0 aliphatic carbocycles. The number of nitrogens with one attached hydrogen (secondary N) is 2. The molecule has 10 nitrogen and oxygen atoms in total. The van der Waals surface area contributed by atoms with Gasteiger partial charge in [-0.25, -0.2) is 14.8 Å². The van der Waals surface area contributed by atoms with Gasteiger partial charge in [0.2, 0.25) is 0 Å². The summed E-state index contributed by atoms with van der Waals surface area (Å²) in [6.45, 7) is 3.11. The first-order chi connectivity index (χ1) is 18.2. The molecule has 4 aliphatic rings. The Balaban J connectivity index is 1.16. The summed E-state index contributed by atoms with van der Waals surface area (Å²) >= 11 is 0. The third-order valence-corrected chi connectivity index (χ3v) is 7.74. The molecule has 4 aliphatic heterocycles. The quantitative estimate of drug-likeness (QED) is 0.550. The van der Waals surface area contributed by atoms with Gasteiger partial charge in [0, 0.05) is 41.9 Å². The van der Waals surface area contributed by atoms with Crippen LogP contribution < -0.4 is 20.4 Å². The fourth-order valence-electron chi connectivity index (χ4n) is 5.94. The number of pyridine rings is 1. The third-order valence-electron chi connectivity index (χ3n) is 7.74. The minimum Gasteiger partial charge on any atom is -0.377 e. The number of hydrogen-bond donors (Lipinski definition) is 2. The number of carbonyl (C=O) groups is 1. The van der Waals surface area contributed by atoms with E-state index in [1.807, 2.05) is 24.3 Å². The van der Waals surface area contributed by atoms with E-state index >= 15 is 0 Å². The van der Waals surface area contributed by atoms with Gasteiger partial charge in [0.15, 0.2) is 5.82 Å². The molecule has 37 heavy (non-hydrogen) atoms. The van der Waals surface area contributed by atoms with Crippen LogP contribution in [0.2, 0.25) is 0 Å². The summed E-state index contributed by atoms with van der Waals surface area (Å²) < 4.78 is 11.7. The Hall–Kier alpha value is -3.76. The lowest BCUT2D eigenvalue weighted by Crippen LogP contribution is -2.46. The van der Waals surface area contributed by atoms with Crippen LogP contribution in [0.4, 0.5) is 27.8 Å². The molecule has 4 unspecified atom stereocenters. The van der Waals surface area contributed by atoms with Crippen LogP contribution >= 0.6 is 0 Å². The van der Waals surface area contributed by atoms with Crippen molar-refractivity contribution in [1.82, 2.24) is 15.0 Å². The van der Waals surface area contributed by atoms with E-state index in [4.69, 9.17) is 19.4 Å². The van der Waals surface area contributed by atoms with Crippen LogP contribution in [0.5, 0.6) is 0 Å². The number of nitrogens with zero attached hydrogens (tertiary/aromatic N) is 5. The number of anilines is 4. The maximum atomic E-state index is 12.4. The van der Waals surface area contributed by atoms with E-state index in [1.54, 1.807) is 24.5 Å². The Morgan fingerprint density at radius 1 is 0.865 bits per heavy atom. The summed E-state index contributed by atoms with van der Waals surface area (Å²) in [5.41, 5.74) is 2.27. The molecule has 1 aromatic carbocycles. The molecule has 4 fully saturated rings. The topological polar surface area (TPSA) is 105 Å². The molecular formula is C27H29N7O3. The Morgan fingerprint density at radius 2 is 1.57 bits per heavy atom. The Labute approximate surface area is 215 Å². The Bertz CT molecular complexity index is 1270. The molecule has 10 heteroatoms. The lowest BCUT2D eigenvalue weighted by atomic mass is 10.2. The van der Waals surface area contributed by atoms with Crippen LogP contribution in [-0.4, -0.2) is 71.6 Å². The average molecular weight is 500 g/mol. The number of ether oxygens (including phenoxy) is 2. The molecule has 7 rings (SSSR count). The lowest BCUT2D eigenvalue weighted by molar-refractivity contribution is 0.0902. The van der Waals surface area contributed by atoms with E-state index < -0.39 is 0 Å². The second-order valence-corrected chi connectivity index (χ2v) is 10.1. The van der Waals surface area contributed by atoms with Gasteiger partial charge in [0.25, 0.3) is 0 Å². The van der Waals surface area contributed by atoms with E-state index in [1.165, 1.54) is 0 Å². The first-order valence-electron chi connectivity index (χ1n) is 12.9. The summed E-state index contributed by atoms with van der Waals surface area (Å²) in [6, 6.07) is 14.1. The number of rotatable bonds is 5. The highest BCUT2D eigenvalue weighted by molar-refractivity contribution is 5.99. The Morgan fingerprint density at radius 3 is 2.24 bits per heavy atom. The van der Waals surface area contributed by atoms with Crippen molar-refractivity contribution in [3.63, 3.8) is 0 Å². The van der Waals surface area contributed by atoms with Gasteiger partial charge < -0.3 is 29.9 Å². The molecule has 190 valence electrons. The van der Waals surface area contributed by atoms with Crippen LogP contribution in [0.3, 0.4) is 0 Å². The van der Waals surface area contributed by atoms with Crippen LogP contribution in [0.25, 0.3) is 11.4 Å². The first kappa shape index (κ1) is 22.4. The van der Waals surface area contributed by atoms with E-state index in [9.17, 15) is 4.79 Å². The fourth-order valence-corrected chi connectivity index (χ4v) is 5.94. The predicted octanol–water partition coefficient (Wildman–Crippen LogP) is 3.53. The normalized spacial score (nSPS) is 25.9. The van der Waals surface area contributed by atoms with Crippen molar-refractivity contribution in [3.8, 4) is 11.4 Å². The number of benzene rings is 1. The predicted molar refractivity (Wildman–Crippen MR) is 140 cm³/mol. The molecule has 0 saturated carbocycles. The van der Waals surface area contributed by atoms with E-state index in [2.05, 4.69) is 31.5 Å². The number of fused-ring (bicyclic) bond motifs is 4. The SMILES string of the molecule is O=C(Nc1ccncc1)Nc1ccc(-c2nc(N3CC4CC3CO4)cc(N3C4CCC3COC4)n2)cc1. The smallest absolute Gasteiger partial charge is 0.323 e. The van der Waals surface area contributed by atoms with Crippen molar-refractivity contribution in [2.45, 2.75) is 43.5 Å². The van der Waals surface area contributed by atoms with Crippen molar-refractivity contribution in [2.24, 2.45) is 0 Å². The molecule has 4 atom stereocenters. The van der Waals surface area contributed by atoms with Crippen LogP contribution in [-0.2, 0) is 9.47 Å². The number of urea groups is 1. The largest absolute Gasteiger partial charge is 0.377 e. The Kier molecular flexibility index (Phi) is 5.63. The molecule has 6 heterocycles. The highest BCUT2D eigenvalue weighted by Gasteiger charge is 2.42. The van der Waals surface area contributed by atoms with Crippen molar-refractivity contribution < 1.29 is 14.3 Å². The van der Waals surface area contributed by atoms with Crippen molar-refractivity contribution in [3.05, 3.63) is 54.9 Å². The minimum absolute atomic E-state index is 0.287. The van der Waals surface area contributed by atoms with Crippen LogP contribution in [0, 0.1) is 0 Å². The zero-order chi connectivity index (χ0) is 24.8. The van der Waals surface area contributed by atoms with Gasteiger partial charge in [-0.05, 0) is 55.7 Å². The van der Waals surface area contributed by atoms with Crippen LogP contribution in [0.15, 0.2) is 54.9 Å². The fraction of sp³-hybridized carbons (Fsp3) is 0.407. The number of hydrogen-bond acceptors (Lipinski definition) is 8.